The number of thiophene rings is 2. The van der Waals surface area contributed by atoms with Gasteiger partial charge < -0.3 is 19.9 Å². The molecule has 0 saturated carbocycles. The number of aliphatic imine (C=N–C) groups is 1. The Labute approximate surface area is 200 Å². The van der Waals surface area contributed by atoms with E-state index in [0.29, 0.717) is 11.3 Å². The molecule has 1 aromatic carbocycles. The first-order valence-electron chi connectivity index (χ1n) is 10.2. The summed E-state index contributed by atoms with van der Waals surface area (Å²) in [6.45, 7) is 5.21. The summed E-state index contributed by atoms with van der Waals surface area (Å²) in [5, 5.41) is 14.8. The van der Waals surface area contributed by atoms with E-state index >= 15 is 0 Å². The van der Waals surface area contributed by atoms with Crippen molar-refractivity contribution < 1.29 is 24.2 Å². The highest BCUT2D eigenvalue weighted by Crippen LogP contribution is 2.32. The van der Waals surface area contributed by atoms with Crippen LogP contribution in [0.3, 0.4) is 0 Å². The average Bonchev–Trinajstić information content (AvgIpc) is 3.43. The minimum absolute atomic E-state index is 0.0137. The van der Waals surface area contributed by atoms with Gasteiger partial charge in [-0.15, -0.1) is 22.7 Å². The monoisotopic (exact) mass is 486 g/mol. The van der Waals surface area contributed by atoms with Crippen LogP contribution >= 0.6 is 22.7 Å². The highest BCUT2D eigenvalue weighted by molar-refractivity contribution is 7.22. The van der Waals surface area contributed by atoms with Gasteiger partial charge in [-0.05, 0) is 62.0 Å². The van der Waals surface area contributed by atoms with Crippen molar-refractivity contribution in [3.63, 3.8) is 0 Å². The maximum Gasteiger partial charge on any atom is 0.408 e. The lowest BCUT2D eigenvalue weighted by molar-refractivity contribution is -0.143. The van der Waals surface area contributed by atoms with E-state index < -0.39 is 23.7 Å². The van der Waals surface area contributed by atoms with E-state index in [4.69, 9.17) is 9.47 Å². The number of amides is 1. The molecule has 1 amide bonds. The van der Waals surface area contributed by atoms with Crippen LogP contribution in [0.25, 0.3) is 9.75 Å². The molecule has 0 radical (unpaired) electrons. The number of nitrogens with one attached hydrogen (secondary N) is 1. The van der Waals surface area contributed by atoms with Crippen LogP contribution in [0.5, 0.6) is 5.75 Å². The number of nitrogens with zero attached hydrogens (tertiary/aromatic N) is 1. The minimum Gasteiger partial charge on any atom is -0.506 e. The molecule has 2 heterocycles. The van der Waals surface area contributed by atoms with Crippen molar-refractivity contribution in [1.29, 1.82) is 0 Å². The second-order valence-corrected chi connectivity index (χ2v) is 10.2. The van der Waals surface area contributed by atoms with Gasteiger partial charge in [0.1, 0.15) is 23.1 Å². The van der Waals surface area contributed by atoms with Crippen molar-refractivity contribution >= 4 is 46.6 Å². The van der Waals surface area contributed by atoms with E-state index in [2.05, 4.69) is 16.4 Å². The molecule has 0 unspecified atom stereocenters. The minimum atomic E-state index is -0.947. The van der Waals surface area contributed by atoms with Gasteiger partial charge in [-0.3, -0.25) is 4.99 Å². The summed E-state index contributed by atoms with van der Waals surface area (Å²) in [5.41, 5.74) is 0.354. The number of phenols is 1. The Morgan fingerprint density at radius 3 is 2.64 bits per heavy atom. The molecule has 3 aromatic rings. The summed E-state index contributed by atoms with van der Waals surface area (Å²) in [6, 6.07) is 12.0. The number of carbonyl (C=O) groups excluding carboxylic acids is 2. The van der Waals surface area contributed by atoms with E-state index in [0.717, 1.165) is 9.75 Å². The van der Waals surface area contributed by atoms with Gasteiger partial charge in [-0.1, -0.05) is 12.1 Å². The Balaban J connectivity index is 1.74. The lowest BCUT2D eigenvalue weighted by Crippen LogP contribution is -2.45. The summed E-state index contributed by atoms with van der Waals surface area (Å²) in [6.07, 6.45) is 1.13. The van der Waals surface area contributed by atoms with Crippen LogP contribution in [-0.2, 0) is 20.7 Å². The van der Waals surface area contributed by atoms with Gasteiger partial charge in [0.25, 0.3) is 0 Å². The zero-order valence-electron chi connectivity index (χ0n) is 18.8. The molecule has 2 N–H and O–H groups in total. The summed E-state index contributed by atoms with van der Waals surface area (Å²) in [7, 11) is 1.25. The molecule has 2 aromatic heterocycles. The fourth-order valence-electron chi connectivity index (χ4n) is 2.93. The van der Waals surface area contributed by atoms with Gasteiger partial charge in [0.2, 0.25) is 0 Å². The number of benzene rings is 1. The number of phenolic OH excluding ortho intramolecular Hbond substituents is 1. The molecule has 1 atom stereocenters. The normalized spacial score (nSPS) is 12.5. The highest BCUT2D eigenvalue weighted by atomic mass is 32.1. The second-order valence-electron chi connectivity index (χ2n) is 8.19. The van der Waals surface area contributed by atoms with Gasteiger partial charge in [-0.25, -0.2) is 9.59 Å². The predicted octanol–water partition coefficient (Wildman–Crippen LogP) is 5.54. The molecule has 0 aliphatic carbocycles. The van der Waals surface area contributed by atoms with Gasteiger partial charge in [0, 0.05) is 27.3 Å². The Bertz CT molecular complexity index is 1130. The Kier molecular flexibility index (Phi) is 7.88. The number of ether oxygens (including phenoxy) is 2. The Morgan fingerprint density at radius 1 is 1.18 bits per heavy atom. The molecule has 33 heavy (non-hydrogen) atoms. The van der Waals surface area contributed by atoms with Gasteiger partial charge in [0.15, 0.2) is 0 Å². The summed E-state index contributed by atoms with van der Waals surface area (Å²) >= 11 is 3.28. The van der Waals surface area contributed by atoms with Crippen LogP contribution in [-0.4, -0.2) is 42.1 Å². The molecule has 3 rings (SSSR count). The number of rotatable bonds is 7. The lowest BCUT2D eigenvalue weighted by atomic mass is 10.0. The third kappa shape index (κ3) is 7.16. The molecule has 0 bridgehead atoms. The van der Waals surface area contributed by atoms with Crippen LogP contribution < -0.4 is 5.32 Å². The summed E-state index contributed by atoms with van der Waals surface area (Å²) in [4.78, 5) is 32.1. The fourth-order valence-corrected chi connectivity index (χ4v) is 4.64. The summed E-state index contributed by atoms with van der Waals surface area (Å²) < 4.78 is 10.1. The number of esters is 1. The van der Waals surface area contributed by atoms with Crippen molar-refractivity contribution in [2.45, 2.75) is 38.8 Å². The molecule has 174 valence electrons. The van der Waals surface area contributed by atoms with Crippen molar-refractivity contribution in [3.05, 3.63) is 58.3 Å². The van der Waals surface area contributed by atoms with Crippen LogP contribution in [0.15, 0.2) is 52.8 Å². The molecular weight excluding hydrogens is 460 g/mol. The average molecular weight is 487 g/mol. The SMILES string of the molecule is COC(=O)[C@H](Cc1ccc(O)c(N=Cc2ccc(-c3cccs3)s2)c1)NC(=O)OC(C)(C)C. The topological polar surface area (TPSA) is 97.2 Å². The Morgan fingerprint density at radius 2 is 1.97 bits per heavy atom. The first-order valence-corrected chi connectivity index (χ1v) is 11.9. The molecular formula is C24H26N2O5S2. The standard InChI is InChI=1S/C24H26N2O5S2/c1-24(2,3)31-23(29)26-18(22(28)30-4)13-15-7-9-19(27)17(12-15)25-14-16-8-10-21(33-16)20-6-5-11-32-20/h5-12,14,18,27H,13H2,1-4H3,(H,26,29)/t18-/m0/s1. The van der Waals surface area contributed by atoms with Crippen LogP contribution in [0.1, 0.15) is 31.2 Å². The van der Waals surface area contributed by atoms with Crippen molar-refractivity contribution in [2.75, 3.05) is 7.11 Å². The second kappa shape index (κ2) is 10.6. The van der Waals surface area contributed by atoms with E-state index in [1.165, 1.54) is 18.1 Å². The molecule has 0 aliphatic rings. The Hall–Kier alpha value is -3.17. The van der Waals surface area contributed by atoms with Gasteiger partial charge in [0.05, 0.1) is 7.11 Å². The quantitative estimate of drug-likeness (QED) is 0.337. The molecule has 0 spiro atoms. The lowest BCUT2D eigenvalue weighted by Gasteiger charge is -2.22. The maximum atomic E-state index is 12.2. The fraction of sp³-hybridized carbons (Fsp3) is 0.292. The van der Waals surface area contributed by atoms with Crippen LogP contribution in [0.4, 0.5) is 10.5 Å². The first kappa shape index (κ1) is 24.5. The van der Waals surface area contributed by atoms with E-state index in [-0.39, 0.29) is 12.2 Å². The number of hydrogen-bond donors (Lipinski definition) is 2. The summed E-state index contributed by atoms with van der Waals surface area (Å²) in [5.74, 6) is -0.585. The largest absolute Gasteiger partial charge is 0.506 e. The van der Waals surface area contributed by atoms with Crippen molar-refractivity contribution in [2.24, 2.45) is 4.99 Å². The molecule has 0 fully saturated rings. The number of aromatic hydroxyl groups is 1. The van der Waals surface area contributed by atoms with Crippen molar-refractivity contribution in [3.8, 4) is 15.5 Å². The number of methoxy groups -OCH3 is 1. The maximum absolute atomic E-state index is 12.2. The zero-order chi connectivity index (χ0) is 24.0. The molecule has 0 saturated heterocycles. The number of carbonyl (C=O) groups is 2. The number of alkyl carbamates (subject to hydrolysis) is 1. The highest BCUT2D eigenvalue weighted by Gasteiger charge is 2.25. The molecule has 0 aliphatic heterocycles. The predicted molar refractivity (Wildman–Crippen MR) is 132 cm³/mol. The van der Waals surface area contributed by atoms with Gasteiger partial charge in [-0.2, -0.15) is 0 Å². The third-order valence-corrected chi connectivity index (χ3v) is 6.46. The van der Waals surface area contributed by atoms with E-state index in [9.17, 15) is 14.7 Å². The third-order valence-electron chi connectivity index (χ3n) is 4.38. The first-order chi connectivity index (χ1) is 15.6. The smallest absolute Gasteiger partial charge is 0.408 e. The van der Waals surface area contributed by atoms with Gasteiger partial charge >= 0.3 is 12.1 Å². The van der Waals surface area contributed by atoms with Crippen LogP contribution in [0.2, 0.25) is 0 Å². The number of hydrogen-bond acceptors (Lipinski definition) is 8. The van der Waals surface area contributed by atoms with E-state index in [1.807, 2.05) is 23.6 Å². The van der Waals surface area contributed by atoms with E-state index in [1.54, 1.807) is 61.8 Å². The zero-order valence-corrected chi connectivity index (χ0v) is 20.5. The molecule has 7 nitrogen and oxygen atoms in total. The van der Waals surface area contributed by atoms with Crippen LogP contribution in [0, 0.1) is 0 Å². The van der Waals surface area contributed by atoms with Crippen molar-refractivity contribution in [1.82, 2.24) is 5.32 Å². The molecule has 9 heteroatoms.